The molecule has 0 spiro atoms. The van der Waals surface area contributed by atoms with Crippen LogP contribution in [-0.2, 0) is 6.42 Å². The van der Waals surface area contributed by atoms with Gasteiger partial charge in [0.1, 0.15) is 0 Å². The first-order chi connectivity index (χ1) is 16.7. The number of hydrogen-bond acceptors (Lipinski definition) is 0. The fourth-order valence-corrected chi connectivity index (χ4v) is 6.61. The van der Waals surface area contributed by atoms with Crippen LogP contribution in [0.2, 0.25) is 0 Å². The van der Waals surface area contributed by atoms with Crippen molar-refractivity contribution in [3.63, 3.8) is 0 Å². The minimum atomic E-state index is 0.764. The summed E-state index contributed by atoms with van der Waals surface area (Å²) < 4.78 is 0. The van der Waals surface area contributed by atoms with Crippen molar-refractivity contribution in [2.45, 2.75) is 110 Å². The summed E-state index contributed by atoms with van der Waals surface area (Å²) in [6, 6.07) is 18.0. The van der Waals surface area contributed by atoms with Gasteiger partial charge in [-0.15, -0.1) is 0 Å². The molecule has 2 saturated carbocycles. The van der Waals surface area contributed by atoms with Gasteiger partial charge in [0.25, 0.3) is 0 Å². The normalized spacial score (nSPS) is 24.2. The molecular formula is C34H46. The molecule has 0 heterocycles. The third-order valence-electron chi connectivity index (χ3n) is 8.66. The molecule has 0 N–H and O–H groups in total. The molecule has 1 unspecified atom stereocenters. The number of fused-ring (bicyclic) bond motifs is 1. The van der Waals surface area contributed by atoms with E-state index in [1.54, 1.807) is 5.56 Å². The molecule has 2 aromatic rings. The summed E-state index contributed by atoms with van der Waals surface area (Å²) in [6.07, 6.45) is 19.8. The Labute approximate surface area is 210 Å². The van der Waals surface area contributed by atoms with E-state index in [2.05, 4.69) is 74.2 Å². The highest BCUT2D eigenvalue weighted by molar-refractivity contribution is 5.44. The van der Waals surface area contributed by atoms with Crippen molar-refractivity contribution in [2.24, 2.45) is 17.8 Å². The van der Waals surface area contributed by atoms with Crippen molar-refractivity contribution < 1.29 is 0 Å². The molecule has 0 amide bonds. The van der Waals surface area contributed by atoms with E-state index in [1.165, 1.54) is 89.0 Å². The van der Waals surface area contributed by atoms with Crippen LogP contribution in [0.25, 0.3) is 0 Å². The predicted octanol–water partition coefficient (Wildman–Crippen LogP) is 9.70. The van der Waals surface area contributed by atoms with Crippen LogP contribution in [0, 0.1) is 29.6 Å². The summed E-state index contributed by atoms with van der Waals surface area (Å²) in [7, 11) is 0. The van der Waals surface area contributed by atoms with E-state index in [1.807, 2.05) is 0 Å². The number of aryl methyl sites for hydroxylation is 1. The second-order valence-electron chi connectivity index (χ2n) is 11.2. The summed E-state index contributed by atoms with van der Waals surface area (Å²) in [5.41, 5.74) is 5.20. The lowest BCUT2D eigenvalue weighted by Crippen LogP contribution is -2.30. The molecule has 34 heavy (non-hydrogen) atoms. The van der Waals surface area contributed by atoms with Gasteiger partial charge in [-0.05, 0) is 97.6 Å². The lowest BCUT2D eigenvalue weighted by molar-refractivity contribution is 0.113. The van der Waals surface area contributed by atoms with Crippen LogP contribution in [0.15, 0.2) is 48.5 Å². The quantitative estimate of drug-likeness (QED) is 0.261. The molecule has 0 saturated heterocycles. The van der Waals surface area contributed by atoms with Crippen LogP contribution in [0.4, 0.5) is 0 Å². The molecule has 2 aliphatic carbocycles. The molecule has 0 heteroatoms. The van der Waals surface area contributed by atoms with Crippen molar-refractivity contribution in [3.8, 4) is 11.8 Å². The Hall–Kier alpha value is -2.00. The van der Waals surface area contributed by atoms with Crippen molar-refractivity contribution >= 4 is 0 Å². The van der Waals surface area contributed by atoms with E-state index in [4.69, 9.17) is 0 Å². The summed E-state index contributed by atoms with van der Waals surface area (Å²) in [5, 5.41) is 0. The van der Waals surface area contributed by atoms with Gasteiger partial charge in [0.15, 0.2) is 0 Å². The van der Waals surface area contributed by atoms with E-state index in [-0.39, 0.29) is 0 Å². The Morgan fingerprint density at radius 3 is 2.00 bits per heavy atom. The first-order valence-corrected chi connectivity index (χ1v) is 14.5. The van der Waals surface area contributed by atoms with E-state index in [9.17, 15) is 0 Å². The zero-order valence-corrected chi connectivity index (χ0v) is 21.8. The summed E-state index contributed by atoms with van der Waals surface area (Å²) in [4.78, 5) is 0. The summed E-state index contributed by atoms with van der Waals surface area (Å²) in [6.45, 7) is 4.54. The Morgan fingerprint density at radius 2 is 1.29 bits per heavy atom. The van der Waals surface area contributed by atoms with Gasteiger partial charge in [0, 0.05) is 11.1 Å². The van der Waals surface area contributed by atoms with Gasteiger partial charge in [0.05, 0.1) is 0 Å². The molecule has 4 atom stereocenters. The highest BCUT2D eigenvalue weighted by Crippen LogP contribution is 2.48. The summed E-state index contributed by atoms with van der Waals surface area (Å²) >= 11 is 0. The van der Waals surface area contributed by atoms with E-state index in [0.717, 1.165) is 41.2 Å². The van der Waals surface area contributed by atoms with Gasteiger partial charge in [-0.3, -0.25) is 0 Å². The van der Waals surface area contributed by atoms with E-state index < -0.39 is 0 Å². The van der Waals surface area contributed by atoms with Crippen molar-refractivity contribution in [1.29, 1.82) is 0 Å². The second-order valence-corrected chi connectivity index (χ2v) is 11.2. The largest absolute Gasteiger partial charge is 0.0654 e. The van der Waals surface area contributed by atoms with Crippen molar-refractivity contribution in [2.75, 3.05) is 0 Å². The average Bonchev–Trinajstić information content (AvgIpc) is 2.88. The van der Waals surface area contributed by atoms with Crippen LogP contribution >= 0.6 is 0 Å². The zero-order valence-electron chi connectivity index (χ0n) is 21.8. The molecule has 2 fully saturated rings. The number of rotatable bonds is 9. The molecule has 2 aliphatic rings. The fourth-order valence-electron chi connectivity index (χ4n) is 6.61. The van der Waals surface area contributed by atoms with Gasteiger partial charge in [-0.1, -0.05) is 101 Å². The Bertz CT molecular complexity index is 907. The molecule has 182 valence electrons. The van der Waals surface area contributed by atoms with E-state index >= 15 is 0 Å². The average molecular weight is 455 g/mol. The second kappa shape index (κ2) is 13.2. The zero-order chi connectivity index (χ0) is 23.6. The molecule has 0 nitrogen and oxygen atoms in total. The van der Waals surface area contributed by atoms with Crippen molar-refractivity contribution in [1.82, 2.24) is 0 Å². The number of benzene rings is 2. The maximum absolute atomic E-state index is 3.37. The first-order valence-electron chi connectivity index (χ1n) is 14.5. The monoisotopic (exact) mass is 454 g/mol. The Balaban J connectivity index is 1.25. The molecular weight excluding hydrogens is 408 g/mol. The van der Waals surface area contributed by atoms with Crippen molar-refractivity contribution in [3.05, 3.63) is 70.8 Å². The third-order valence-corrected chi connectivity index (χ3v) is 8.66. The first kappa shape index (κ1) is 25.1. The van der Waals surface area contributed by atoms with Crippen LogP contribution in [0.3, 0.4) is 0 Å². The highest BCUT2D eigenvalue weighted by atomic mass is 14.4. The SMILES string of the molecule is CCCCCCCC1CC[C@@H]2C[C@H](c3ccc(C#Cc4ccc(CCC)cc4)cc3)CC[C@@H]2C1. The lowest BCUT2D eigenvalue weighted by atomic mass is 9.63. The number of hydrogen-bond donors (Lipinski definition) is 0. The van der Waals surface area contributed by atoms with Crippen LogP contribution in [-0.4, -0.2) is 0 Å². The maximum atomic E-state index is 3.37. The highest BCUT2D eigenvalue weighted by Gasteiger charge is 2.35. The minimum absolute atomic E-state index is 0.764. The number of unbranched alkanes of at least 4 members (excludes halogenated alkanes) is 4. The van der Waals surface area contributed by atoms with Gasteiger partial charge < -0.3 is 0 Å². The standard InChI is InChI=1S/C34H46/c1-3-5-6-7-8-10-30-19-22-34-26-33(24-23-32(34)25-30)31-20-17-29(18-21-31)16-15-28-13-11-27(9-4-2)12-14-28/h11-14,17-18,20-21,30,32-34H,3-10,19,22-26H2,1-2H3/t30?,32-,33-,34-/m1/s1. The summed E-state index contributed by atoms with van der Waals surface area (Å²) in [5.74, 6) is 10.5. The molecule has 0 aromatic heterocycles. The molecule has 0 bridgehead atoms. The van der Waals surface area contributed by atoms with Crippen LogP contribution < -0.4 is 0 Å². The fraction of sp³-hybridized carbons (Fsp3) is 0.588. The van der Waals surface area contributed by atoms with Gasteiger partial charge in [0.2, 0.25) is 0 Å². The van der Waals surface area contributed by atoms with Gasteiger partial charge >= 0.3 is 0 Å². The third kappa shape index (κ3) is 7.25. The van der Waals surface area contributed by atoms with Gasteiger partial charge in [-0.2, -0.15) is 0 Å². The van der Waals surface area contributed by atoms with Gasteiger partial charge in [-0.25, -0.2) is 0 Å². The van der Waals surface area contributed by atoms with Crippen LogP contribution in [0.1, 0.15) is 125 Å². The Kier molecular flexibility index (Phi) is 9.74. The van der Waals surface area contributed by atoms with Crippen LogP contribution in [0.5, 0.6) is 0 Å². The topological polar surface area (TPSA) is 0 Å². The molecule has 4 rings (SSSR count). The molecule has 0 radical (unpaired) electrons. The molecule has 2 aromatic carbocycles. The minimum Gasteiger partial charge on any atom is -0.0654 e. The Morgan fingerprint density at radius 1 is 0.647 bits per heavy atom. The lowest BCUT2D eigenvalue weighted by Gasteiger charge is -2.42. The van der Waals surface area contributed by atoms with E-state index in [0.29, 0.717) is 0 Å². The smallest absolute Gasteiger partial charge is 0.0249 e. The predicted molar refractivity (Wildman–Crippen MR) is 147 cm³/mol. The molecule has 0 aliphatic heterocycles. The maximum Gasteiger partial charge on any atom is 0.0249 e.